The SMILES string of the molecule is CC1(C)C(CNC(=O)c2ccc(C#CCN)cc2)C1(C)C. The summed E-state index contributed by atoms with van der Waals surface area (Å²) in [7, 11) is 0. The zero-order valence-corrected chi connectivity index (χ0v) is 13.3. The number of amides is 1. The molecule has 0 aliphatic heterocycles. The summed E-state index contributed by atoms with van der Waals surface area (Å²) in [6.45, 7) is 10.1. The first kappa shape index (κ1) is 15.6. The Morgan fingerprint density at radius 2 is 1.76 bits per heavy atom. The number of hydrogen-bond acceptors (Lipinski definition) is 2. The van der Waals surface area contributed by atoms with Crippen LogP contribution in [0.3, 0.4) is 0 Å². The summed E-state index contributed by atoms with van der Waals surface area (Å²) in [5.41, 5.74) is 7.47. The molecular formula is C18H24N2O. The first-order valence-electron chi connectivity index (χ1n) is 7.38. The van der Waals surface area contributed by atoms with Crippen molar-refractivity contribution in [2.24, 2.45) is 22.5 Å². The Morgan fingerprint density at radius 3 is 2.24 bits per heavy atom. The van der Waals surface area contributed by atoms with E-state index >= 15 is 0 Å². The molecule has 1 fully saturated rings. The van der Waals surface area contributed by atoms with Crippen LogP contribution in [0.15, 0.2) is 24.3 Å². The standard InChI is InChI=1S/C18H24N2O/c1-17(2)15(18(17,3)4)12-20-16(21)14-9-7-13(8-10-14)6-5-11-19/h7-10,15H,11-12,19H2,1-4H3,(H,20,21). The fourth-order valence-electron chi connectivity index (χ4n) is 3.00. The molecule has 1 aliphatic carbocycles. The Kier molecular flexibility index (Phi) is 4.11. The van der Waals surface area contributed by atoms with Gasteiger partial charge in [-0.05, 0) is 41.0 Å². The molecule has 0 saturated heterocycles. The van der Waals surface area contributed by atoms with Crippen molar-refractivity contribution in [1.29, 1.82) is 0 Å². The van der Waals surface area contributed by atoms with Crippen LogP contribution in [0.2, 0.25) is 0 Å². The highest BCUT2D eigenvalue weighted by Gasteiger charge is 2.64. The van der Waals surface area contributed by atoms with E-state index in [0.717, 1.165) is 12.1 Å². The molecule has 0 atom stereocenters. The molecule has 0 heterocycles. The van der Waals surface area contributed by atoms with Crippen LogP contribution in [0.1, 0.15) is 43.6 Å². The van der Waals surface area contributed by atoms with Gasteiger partial charge in [-0.2, -0.15) is 0 Å². The van der Waals surface area contributed by atoms with Gasteiger partial charge < -0.3 is 11.1 Å². The largest absolute Gasteiger partial charge is 0.352 e. The van der Waals surface area contributed by atoms with Crippen molar-refractivity contribution in [1.82, 2.24) is 5.32 Å². The maximum atomic E-state index is 12.2. The van der Waals surface area contributed by atoms with Crippen LogP contribution in [-0.2, 0) is 0 Å². The maximum Gasteiger partial charge on any atom is 0.251 e. The van der Waals surface area contributed by atoms with Gasteiger partial charge in [0, 0.05) is 17.7 Å². The summed E-state index contributed by atoms with van der Waals surface area (Å²) >= 11 is 0. The fourth-order valence-corrected chi connectivity index (χ4v) is 3.00. The molecular weight excluding hydrogens is 260 g/mol. The summed E-state index contributed by atoms with van der Waals surface area (Å²) in [6, 6.07) is 7.31. The molecule has 3 heteroatoms. The van der Waals surface area contributed by atoms with E-state index in [-0.39, 0.29) is 5.91 Å². The zero-order chi connectivity index (χ0) is 15.7. The first-order valence-corrected chi connectivity index (χ1v) is 7.38. The zero-order valence-electron chi connectivity index (χ0n) is 13.3. The lowest BCUT2D eigenvalue weighted by atomic mass is 10.0. The van der Waals surface area contributed by atoms with E-state index in [1.54, 1.807) is 12.1 Å². The van der Waals surface area contributed by atoms with Gasteiger partial charge in [0.2, 0.25) is 0 Å². The highest BCUT2D eigenvalue weighted by Crippen LogP contribution is 2.67. The molecule has 0 spiro atoms. The van der Waals surface area contributed by atoms with Crippen molar-refractivity contribution in [3.63, 3.8) is 0 Å². The molecule has 2 rings (SSSR count). The predicted octanol–water partition coefficient (Wildman–Crippen LogP) is 2.41. The van der Waals surface area contributed by atoms with Crippen molar-refractivity contribution < 1.29 is 4.79 Å². The summed E-state index contributed by atoms with van der Waals surface area (Å²) in [6.07, 6.45) is 0. The van der Waals surface area contributed by atoms with Crippen LogP contribution >= 0.6 is 0 Å². The Balaban J connectivity index is 1.93. The summed E-state index contributed by atoms with van der Waals surface area (Å²) in [5, 5.41) is 3.04. The lowest BCUT2D eigenvalue weighted by molar-refractivity contribution is 0.0950. The van der Waals surface area contributed by atoms with Crippen LogP contribution in [0.5, 0.6) is 0 Å². The van der Waals surface area contributed by atoms with Gasteiger partial charge >= 0.3 is 0 Å². The smallest absolute Gasteiger partial charge is 0.251 e. The number of hydrogen-bond donors (Lipinski definition) is 2. The van der Waals surface area contributed by atoms with Gasteiger partial charge in [0.1, 0.15) is 0 Å². The van der Waals surface area contributed by atoms with E-state index in [1.165, 1.54) is 0 Å². The summed E-state index contributed by atoms with van der Waals surface area (Å²) in [5.74, 6) is 6.25. The number of nitrogens with one attached hydrogen (secondary N) is 1. The van der Waals surface area contributed by atoms with Crippen molar-refractivity contribution in [3.05, 3.63) is 35.4 Å². The second-order valence-electron chi connectivity index (χ2n) is 6.79. The molecule has 0 aromatic heterocycles. The molecule has 112 valence electrons. The second kappa shape index (κ2) is 5.54. The minimum atomic E-state index is -0.0214. The Bertz CT molecular complexity index is 574. The van der Waals surface area contributed by atoms with Gasteiger partial charge in [0.15, 0.2) is 0 Å². The first-order chi connectivity index (χ1) is 9.80. The highest BCUT2D eigenvalue weighted by atomic mass is 16.1. The molecule has 1 saturated carbocycles. The number of nitrogens with two attached hydrogens (primary N) is 1. The lowest BCUT2D eigenvalue weighted by Crippen LogP contribution is -2.27. The molecule has 1 amide bonds. The Labute approximate surface area is 127 Å². The van der Waals surface area contributed by atoms with Crippen LogP contribution in [0.25, 0.3) is 0 Å². The van der Waals surface area contributed by atoms with Gasteiger partial charge in [0.05, 0.1) is 6.54 Å². The van der Waals surface area contributed by atoms with Crippen LogP contribution in [0, 0.1) is 28.6 Å². The van der Waals surface area contributed by atoms with Crippen LogP contribution < -0.4 is 11.1 Å². The molecule has 3 nitrogen and oxygen atoms in total. The highest BCUT2D eigenvalue weighted by molar-refractivity contribution is 5.94. The predicted molar refractivity (Wildman–Crippen MR) is 85.8 cm³/mol. The van der Waals surface area contributed by atoms with Crippen molar-refractivity contribution in [2.75, 3.05) is 13.1 Å². The topological polar surface area (TPSA) is 55.1 Å². The van der Waals surface area contributed by atoms with Gasteiger partial charge in [0.25, 0.3) is 5.91 Å². The maximum absolute atomic E-state index is 12.2. The average Bonchev–Trinajstić information content (AvgIpc) is 2.84. The lowest BCUT2D eigenvalue weighted by Gasteiger charge is -2.06. The van der Waals surface area contributed by atoms with Crippen LogP contribution in [0.4, 0.5) is 0 Å². The van der Waals surface area contributed by atoms with Gasteiger partial charge in [-0.15, -0.1) is 0 Å². The molecule has 21 heavy (non-hydrogen) atoms. The van der Waals surface area contributed by atoms with Crippen molar-refractivity contribution in [3.8, 4) is 11.8 Å². The third-order valence-corrected chi connectivity index (χ3v) is 5.27. The third kappa shape index (κ3) is 2.96. The molecule has 0 unspecified atom stereocenters. The molecule has 3 N–H and O–H groups in total. The Morgan fingerprint density at radius 1 is 1.19 bits per heavy atom. The molecule has 0 bridgehead atoms. The number of carbonyl (C=O) groups is 1. The Hall–Kier alpha value is -1.79. The number of benzene rings is 1. The quantitative estimate of drug-likeness (QED) is 0.838. The van der Waals surface area contributed by atoms with Crippen LogP contribution in [-0.4, -0.2) is 19.0 Å². The average molecular weight is 284 g/mol. The van der Waals surface area contributed by atoms with Gasteiger partial charge in [-0.3, -0.25) is 4.79 Å². The normalized spacial score (nSPS) is 18.5. The van der Waals surface area contributed by atoms with E-state index in [1.807, 2.05) is 12.1 Å². The minimum absolute atomic E-state index is 0.0214. The van der Waals surface area contributed by atoms with Crippen molar-refractivity contribution in [2.45, 2.75) is 27.7 Å². The van der Waals surface area contributed by atoms with E-state index in [4.69, 9.17) is 5.73 Å². The summed E-state index contributed by atoms with van der Waals surface area (Å²) in [4.78, 5) is 12.2. The van der Waals surface area contributed by atoms with E-state index in [2.05, 4.69) is 44.9 Å². The molecule has 1 aliphatic rings. The number of carbonyl (C=O) groups excluding carboxylic acids is 1. The van der Waals surface area contributed by atoms with Crippen molar-refractivity contribution >= 4 is 5.91 Å². The molecule has 0 radical (unpaired) electrons. The fraction of sp³-hybridized carbons (Fsp3) is 0.500. The van der Waals surface area contributed by atoms with E-state index in [9.17, 15) is 4.79 Å². The molecule has 1 aromatic rings. The van der Waals surface area contributed by atoms with Gasteiger partial charge in [-0.25, -0.2) is 0 Å². The van der Waals surface area contributed by atoms with E-state index in [0.29, 0.717) is 28.9 Å². The third-order valence-electron chi connectivity index (χ3n) is 5.27. The molecule has 1 aromatic carbocycles. The van der Waals surface area contributed by atoms with E-state index < -0.39 is 0 Å². The second-order valence-corrected chi connectivity index (χ2v) is 6.79. The summed E-state index contributed by atoms with van der Waals surface area (Å²) < 4.78 is 0. The minimum Gasteiger partial charge on any atom is -0.352 e. The number of rotatable bonds is 3. The monoisotopic (exact) mass is 284 g/mol. The van der Waals surface area contributed by atoms with Gasteiger partial charge in [-0.1, -0.05) is 39.5 Å².